The SMILES string of the molecule is C#C[C@@]1(C)CC(=O)C=C(C)[C@]1(O)/C=C/C(C)=C\C(=O)O.CN(C)C(=N)N(C)C. The van der Waals surface area contributed by atoms with Crippen LogP contribution in [0, 0.1) is 23.2 Å². The standard InChI is InChI=1S/C16H18O4.C5H13N3/c1-5-15(4)10-13(17)9-12(3)16(15,20)7-6-11(2)8-14(18)19;1-7(2)5(6)8(3)4/h1,6-9,20H,10H2,2-4H3,(H,18,19);6H,1-4H3/b7-6+,11-8-;/t15-,16+;/m0./s1. The van der Waals surface area contributed by atoms with E-state index in [4.69, 9.17) is 16.9 Å². The van der Waals surface area contributed by atoms with Gasteiger partial charge in [0.2, 0.25) is 0 Å². The number of ketones is 1. The number of nitrogens with zero attached hydrogens (tertiary/aromatic N) is 2. The normalized spacial score (nSPS) is 24.6. The Kier molecular flexibility index (Phi) is 8.90. The molecule has 3 N–H and O–H groups in total. The van der Waals surface area contributed by atoms with E-state index in [-0.39, 0.29) is 12.2 Å². The second-order valence-corrected chi connectivity index (χ2v) is 7.39. The second kappa shape index (κ2) is 9.90. The van der Waals surface area contributed by atoms with Crippen molar-refractivity contribution >= 4 is 17.7 Å². The molecule has 0 aromatic heterocycles. The van der Waals surface area contributed by atoms with Crippen molar-refractivity contribution in [3.8, 4) is 12.3 Å². The number of aliphatic carboxylic acids is 1. The number of carbonyl (C=O) groups is 2. The van der Waals surface area contributed by atoms with Crippen LogP contribution in [0.15, 0.2) is 35.5 Å². The molecule has 28 heavy (non-hydrogen) atoms. The molecule has 0 unspecified atom stereocenters. The molecule has 0 spiro atoms. The van der Waals surface area contributed by atoms with Crippen LogP contribution in [0.2, 0.25) is 0 Å². The number of hydrogen-bond donors (Lipinski definition) is 3. The van der Waals surface area contributed by atoms with Crippen LogP contribution in [0.3, 0.4) is 0 Å². The van der Waals surface area contributed by atoms with E-state index in [0.717, 1.165) is 6.08 Å². The summed E-state index contributed by atoms with van der Waals surface area (Å²) < 4.78 is 0. The Balaban J connectivity index is 0.000000769. The largest absolute Gasteiger partial charge is 0.478 e. The predicted octanol–water partition coefficient (Wildman–Crippen LogP) is 1.91. The maximum absolute atomic E-state index is 11.6. The summed E-state index contributed by atoms with van der Waals surface area (Å²) in [6.45, 7) is 4.88. The molecule has 1 aliphatic rings. The molecule has 0 bridgehead atoms. The van der Waals surface area contributed by atoms with Gasteiger partial charge in [0.05, 0.1) is 5.41 Å². The number of carboxylic acid groups (broad SMARTS) is 1. The van der Waals surface area contributed by atoms with Gasteiger partial charge in [0.15, 0.2) is 11.7 Å². The van der Waals surface area contributed by atoms with E-state index in [0.29, 0.717) is 17.1 Å². The maximum Gasteiger partial charge on any atom is 0.328 e. The van der Waals surface area contributed by atoms with Gasteiger partial charge in [-0.2, -0.15) is 0 Å². The van der Waals surface area contributed by atoms with Gasteiger partial charge in [-0.15, -0.1) is 6.42 Å². The zero-order valence-corrected chi connectivity index (χ0v) is 17.7. The smallest absolute Gasteiger partial charge is 0.328 e. The maximum atomic E-state index is 11.6. The van der Waals surface area contributed by atoms with Crippen LogP contribution in [0.1, 0.15) is 27.2 Å². The van der Waals surface area contributed by atoms with E-state index in [9.17, 15) is 14.7 Å². The molecule has 2 atom stereocenters. The lowest BCUT2D eigenvalue weighted by Gasteiger charge is -2.42. The van der Waals surface area contributed by atoms with E-state index in [1.807, 2.05) is 28.2 Å². The Morgan fingerprint density at radius 2 is 1.82 bits per heavy atom. The molecule has 0 amide bonds. The first-order valence-electron chi connectivity index (χ1n) is 8.65. The molecule has 0 aromatic carbocycles. The summed E-state index contributed by atoms with van der Waals surface area (Å²) in [6.07, 6.45) is 10.9. The number of allylic oxidation sites excluding steroid dienone is 3. The van der Waals surface area contributed by atoms with Gasteiger partial charge >= 0.3 is 5.97 Å². The summed E-state index contributed by atoms with van der Waals surface area (Å²) in [4.78, 5) is 25.7. The fraction of sp³-hybridized carbons (Fsp3) is 0.476. The van der Waals surface area contributed by atoms with Crippen LogP contribution in [0.25, 0.3) is 0 Å². The zero-order chi connectivity index (χ0) is 22.3. The Hall–Kier alpha value is -2.85. The molecule has 154 valence electrons. The molecule has 7 nitrogen and oxygen atoms in total. The van der Waals surface area contributed by atoms with Crippen molar-refractivity contribution < 1.29 is 19.8 Å². The molecule has 1 rings (SSSR count). The van der Waals surface area contributed by atoms with E-state index < -0.39 is 17.0 Å². The number of hydrogen-bond acceptors (Lipinski definition) is 4. The summed E-state index contributed by atoms with van der Waals surface area (Å²) in [5, 5.41) is 26.7. The fourth-order valence-corrected chi connectivity index (χ4v) is 2.69. The minimum absolute atomic E-state index is 0.0450. The highest BCUT2D eigenvalue weighted by Gasteiger charge is 2.49. The van der Waals surface area contributed by atoms with E-state index in [1.165, 1.54) is 18.2 Å². The van der Waals surface area contributed by atoms with Gasteiger partial charge in [-0.05, 0) is 44.1 Å². The van der Waals surface area contributed by atoms with Crippen molar-refractivity contribution in [1.82, 2.24) is 9.80 Å². The summed E-state index contributed by atoms with van der Waals surface area (Å²) in [6, 6.07) is 0. The van der Waals surface area contributed by atoms with Gasteiger partial charge in [-0.3, -0.25) is 10.2 Å². The molecule has 0 fully saturated rings. The van der Waals surface area contributed by atoms with Crippen molar-refractivity contribution in [1.29, 1.82) is 5.41 Å². The number of carboxylic acids is 1. The van der Waals surface area contributed by atoms with E-state index in [1.54, 1.807) is 30.6 Å². The van der Waals surface area contributed by atoms with Gasteiger partial charge in [0.25, 0.3) is 0 Å². The molecule has 0 heterocycles. The molecule has 0 saturated heterocycles. The van der Waals surface area contributed by atoms with Crippen LogP contribution in [-0.4, -0.2) is 71.5 Å². The summed E-state index contributed by atoms with van der Waals surface area (Å²) in [7, 11) is 7.40. The Bertz CT molecular complexity index is 746. The minimum atomic E-state index is -1.47. The van der Waals surface area contributed by atoms with Crippen molar-refractivity contribution in [2.75, 3.05) is 28.2 Å². The molecule has 0 saturated carbocycles. The molecule has 0 aliphatic heterocycles. The zero-order valence-electron chi connectivity index (χ0n) is 17.7. The highest BCUT2D eigenvalue weighted by atomic mass is 16.4. The monoisotopic (exact) mass is 389 g/mol. The van der Waals surface area contributed by atoms with Crippen molar-refractivity contribution in [2.24, 2.45) is 5.41 Å². The third-order valence-corrected chi connectivity index (χ3v) is 4.45. The minimum Gasteiger partial charge on any atom is -0.478 e. The van der Waals surface area contributed by atoms with E-state index in [2.05, 4.69) is 5.92 Å². The lowest BCUT2D eigenvalue weighted by Crippen LogP contribution is -2.49. The summed E-state index contributed by atoms with van der Waals surface area (Å²) in [5.74, 6) is 1.83. The average molecular weight is 389 g/mol. The van der Waals surface area contributed by atoms with Crippen LogP contribution < -0.4 is 0 Å². The molecular weight excluding hydrogens is 358 g/mol. The first-order chi connectivity index (χ1) is 12.7. The van der Waals surface area contributed by atoms with Gasteiger partial charge in [0.1, 0.15) is 5.60 Å². The van der Waals surface area contributed by atoms with Crippen LogP contribution in [-0.2, 0) is 9.59 Å². The number of guanidine groups is 1. The van der Waals surface area contributed by atoms with Crippen LogP contribution in [0.4, 0.5) is 0 Å². The van der Waals surface area contributed by atoms with Crippen LogP contribution >= 0.6 is 0 Å². The van der Waals surface area contributed by atoms with Gasteiger partial charge in [-0.25, -0.2) is 4.79 Å². The van der Waals surface area contributed by atoms with Gasteiger partial charge in [0, 0.05) is 40.7 Å². The Morgan fingerprint density at radius 3 is 2.18 bits per heavy atom. The predicted molar refractivity (Wildman–Crippen MR) is 111 cm³/mol. The lowest BCUT2D eigenvalue weighted by atomic mass is 9.64. The lowest BCUT2D eigenvalue weighted by molar-refractivity contribution is -0.131. The molecule has 0 radical (unpaired) electrons. The number of aliphatic hydroxyl groups is 1. The Labute approximate surface area is 167 Å². The third-order valence-electron chi connectivity index (χ3n) is 4.45. The van der Waals surface area contributed by atoms with Gasteiger partial charge < -0.3 is 20.0 Å². The Morgan fingerprint density at radius 1 is 1.32 bits per heavy atom. The quantitative estimate of drug-likeness (QED) is 0.224. The molecule has 1 aliphatic carbocycles. The first kappa shape index (κ1) is 25.1. The number of carbonyl (C=O) groups excluding carboxylic acids is 1. The first-order valence-corrected chi connectivity index (χ1v) is 8.65. The van der Waals surface area contributed by atoms with Crippen molar-refractivity contribution in [2.45, 2.75) is 32.8 Å². The second-order valence-electron chi connectivity index (χ2n) is 7.39. The van der Waals surface area contributed by atoms with Crippen molar-refractivity contribution in [3.63, 3.8) is 0 Å². The average Bonchev–Trinajstić information content (AvgIpc) is 2.57. The summed E-state index contributed by atoms with van der Waals surface area (Å²) >= 11 is 0. The third kappa shape index (κ3) is 6.39. The van der Waals surface area contributed by atoms with E-state index >= 15 is 0 Å². The number of rotatable bonds is 3. The number of nitrogens with one attached hydrogen (secondary N) is 1. The van der Waals surface area contributed by atoms with Crippen LogP contribution in [0.5, 0.6) is 0 Å². The topological polar surface area (TPSA) is 105 Å². The number of terminal acetylenes is 1. The molecule has 0 aromatic rings. The summed E-state index contributed by atoms with van der Waals surface area (Å²) in [5.41, 5.74) is -1.60. The highest BCUT2D eigenvalue weighted by Crippen LogP contribution is 2.44. The highest BCUT2D eigenvalue weighted by molar-refractivity contribution is 5.93. The van der Waals surface area contributed by atoms with Crippen molar-refractivity contribution in [3.05, 3.63) is 35.5 Å². The fourth-order valence-electron chi connectivity index (χ4n) is 2.69. The molecule has 7 heteroatoms. The molecular formula is C21H31N3O4. The van der Waals surface area contributed by atoms with Gasteiger partial charge in [-0.1, -0.05) is 12.0 Å².